The van der Waals surface area contributed by atoms with Gasteiger partial charge < -0.3 is 5.11 Å². The molecule has 1 heterocycles. The van der Waals surface area contributed by atoms with Crippen LogP contribution in [0.15, 0.2) is 12.3 Å². The average molecular weight is 180 g/mol. The molecule has 0 aromatic carbocycles. The highest BCUT2D eigenvalue weighted by Gasteiger charge is 2.41. The van der Waals surface area contributed by atoms with Gasteiger partial charge in [-0.15, -0.1) is 0 Å². The molecule has 0 radical (unpaired) electrons. The predicted octanol–water partition coefficient (Wildman–Crippen LogP) is 1.43. The van der Waals surface area contributed by atoms with Crippen molar-refractivity contribution in [1.29, 1.82) is 0 Å². The molecule has 3 heteroatoms. The largest absolute Gasteiger partial charge is 0.383 e. The van der Waals surface area contributed by atoms with Gasteiger partial charge in [0, 0.05) is 13.2 Å². The van der Waals surface area contributed by atoms with Gasteiger partial charge >= 0.3 is 0 Å². The van der Waals surface area contributed by atoms with Crippen LogP contribution in [-0.4, -0.2) is 14.9 Å². The van der Waals surface area contributed by atoms with E-state index in [1.165, 1.54) is 0 Å². The number of hydrogen-bond acceptors (Lipinski definition) is 2. The minimum Gasteiger partial charge on any atom is -0.383 e. The van der Waals surface area contributed by atoms with Crippen LogP contribution in [0.25, 0.3) is 0 Å². The van der Waals surface area contributed by atoms with Gasteiger partial charge in [0.1, 0.15) is 5.60 Å². The molecule has 2 unspecified atom stereocenters. The number of aliphatic hydroxyl groups is 1. The van der Waals surface area contributed by atoms with E-state index in [9.17, 15) is 5.11 Å². The van der Waals surface area contributed by atoms with Crippen molar-refractivity contribution in [3.05, 3.63) is 18.0 Å². The molecule has 1 saturated carbocycles. The Bertz CT molecular complexity index is 308. The number of hydrogen-bond donors (Lipinski definition) is 1. The van der Waals surface area contributed by atoms with E-state index in [-0.39, 0.29) is 0 Å². The molecule has 0 spiro atoms. The van der Waals surface area contributed by atoms with Crippen molar-refractivity contribution in [2.24, 2.45) is 13.0 Å². The fourth-order valence-corrected chi connectivity index (χ4v) is 2.19. The molecule has 2 atom stereocenters. The van der Waals surface area contributed by atoms with Crippen molar-refractivity contribution in [2.75, 3.05) is 0 Å². The van der Waals surface area contributed by atoms with Crippen LogP contribution in [0.2, 0.25) is 0 Å². The van der Waals surface area contributed by atoms with Gasteiger partial charge in [0.15, 0.2) is 0 Å². The second-order valence-corrected chi connectivity index (χ2v) is 4.09. The van der Waals surface area contributed by atoms with Crippen molar-refractivity contribution in [1.82, 2.24) is 9.78 Å². The van der Waals surface area contributed by atoms with Crippen LogP contribution in [0.1, 0.15) is 31.9 Å². The first-order valence-corrected chi connectivity index (χ1v) is 4.85. The molecular weight excluding hydrogens is 164 g/mol. The maximum absolute atomic E-state index is 10.4. The molecule has 1 N–H and O–H groups in total. The number of aryl methyl sites for hydroxylation is 1. The molecule has 0 aliphatic heterocycles. The third kappa shape index (κ3) is 1.27. The summed E-state index contributed by atoms with van der Waals surface area (Å²) in [6.45, 7) is 2.10. The fourth-order valence-electron chi connectivity index (χ4n) is 2.19. The summed E-state index contributed by atoms with van der Waals surface area (Å²) in [7, 11) is 1.88. The third-order valence-corrected chi connectivity index (χ3v) is 3.17. The maximum atomic E-state index is 10.4. The molecule has 2 rings (SSSR count). The van der Waals surface area contributed by atoms with Gasteiger partial charge in [-0.25, -0.2) is 0 Å². The van der Waals surface area contributed by atoms with Crippen LogP contribution in [0.4, 0.5) is 0 Å². The van der Waals surface area contributed by atoms with Crippen molar-refractivity contribution in [3.8, 4) is 0 Å². The molecule has 3 nitrogen and oxygen atoms in total. The first-order chi connectivity index (χ1) is 6.13. The summed E-state index contributed by atoms with van der Waals surface area (Å²) < 4.78 is 1.75. The van der Waals surface area contributed by atoms with Crippen molar-refractivity contribution < 1.29 is 5.11 Å². The zero-order chi connectivity index (χ0) is 9.47. The standard InChI is InChI=1S/C10H16N2O/c1-8-4-3-6-10(8,13)9-5-7-12(2)11-9/h5,7-8,13H,3-4,6H2,1-2H3. The molecule has 1 aliphatic rings. The minimum atomic E-state index is -0.665. The van der Waals surface area contributed by atoms with E-state index in [0.29, 0.717) is 5.92 Å². The van der Waals surface area contributed by atoms with Crippen LogP contribution in [-0.2, 0) is 12.6 Å². The molecular formula is C10H16N2O. The van der Waals surface area contributed by atoms with E-state index in [2.05, 4.69) is 12.0 Å². The van der Waals surface area contributed by atoms with Crippen LogP contribution in [0.3, 0.4) is 0 Å². The number of aromatic nitrogens is 2. The molecule has 72 valence electrons. The Morgan fingerprint density at radius 2 is 2.46 bits per heavy atom. The van der Waals surface area contributed by atoms with E-state index >= 15 is 0 Å². The second-order valence-electron chi connectivity index (χ2n) is 4.09. The summed E-state index contributed by atoms with van der Waals surface area (Å²) in [4.78, 5) is 0. The zero-order valence-corrected chi connectivity index (χ0v) is 8.20. The summed E-state index contributed by atoms with van der Waals surface area (Å²) >= 11 is 0. The van der Waals surface area contributed by atoms with Crippen molar-refractivity contribution in [3.63, 3.8) is 0 Å². The van der Waals surface area contributed by atoms with E-state index in [0.717, 1.165) is 25.0 Å². The molecule has 1 fully saturated rings. The van der Waals surface area contributed by atoms with Gasteiger partial charge in [0.25, 0.3) is 0 Å². The van der Waals surface area contributed by atoms with Crippen molar-refractivity contribution in [2.45, 2.75) is 31.8 Å². The Labute approximate surface area is 78.4 Å². The molecule has 1 aliphatic carbocycles. The summed E-state index contributed by atoms with van der Waals surface area (Å²) in [6, 6.07) is 1.92. The Morgan fingerprint density at radius 1 is 1.69 bits per heavy atom. The summed E-state index contributed by atoms with van der Waals surface area (Å²) in [5.41, 5.74) is 0.168. The minimum absolute atomic E-state index is 0.336. The lowest BCUT2D eigenvalue weighted by Gasteiger charge is -2.25. The Hall–Kier alpha value is -0.830. The van der Waals surface area contributed by atoms with Crippen LogP contribution in [0.5, 0.6) is 0 Å². The quantitative estimate of drug-likeness (QED) is 0.710. The van der Waals surface area contributed by atoms with E-state index < -0.39 is 5.60 Å². The van der Waals surface area contributed by atoms with Gasteiger partial charge in [0.2, 0.25) is 0 Å². The smallest absolute Gasteiger partial charge is 0.111 e. The van der Waals surface area contributed by atoms with E-state index in [1.54, 1.807) is 4.68 Å². The van der Waals surface area contributed by atoms with E-state index in [1.807, 2.05) is 19.3 Å². The topological polar surface area (TPSA) is 38.0 Å². The zero-order valence-electron chi connectivity index (χ0n) is 8.20. The highest BCUT2D eigenvalue weighted by atomic mass is 16.3. The summed E-state index contributed by atoms with van der Waals surface area (Å²) in [5.74, 6) is 0.336. The molecule has 0 bridgehead atoms. The van der Waals surface area contributed by atoms with Gasteiger partial charge in [-0.05, 0) is 31.2 Å². The molecule has 1 aromatic rings. The fraction of sp³-hybridized carbons (Fsp3) is 0.700. The van der Waals surface area contributed by atoms with Crippen molar-refractivity contribution >= 4 is 0 Å². The predicted molar refractivity (Wildman–Crippen MR) is 50.1 cm³/mol. The summed E-state index contributed by atoms with van der Waals surface area (Å²) in [5, 5.41) is 14.7. The molecule has 1 aromatic heterocycles. The van der Waals surface area contributed by atoms with E-state index in [4.69, 9.17) is 0 Å². The number of nitrogens with zero attached hydrogens (tertiary/aromatic N) is 2. The number of rotatable bonds is 1. The normalized spacial score (nSPS) is 33.9. The highest BCUT2D eigenvalue weighted by Crippen LogP contribution is 2.42. The lowest BCUT2D eigenvalue weighted by molar-refractivity contribution is -0.000170. The maximum Gasteiger partial charge on any atom is 0.111 e. The first-order valence-electron chi connectivity index (χ1n) is 4.85. The second kappa shape index (κ2) is 2.84. The lowest BCUT2D eigenvalue weighted by Crippen LogP contribution is -2.29. The highest BCUT2D eigenvalue weighted by molar-refractivity contribution is 5.13. The Balaban J connectivity index is 2.33. The van der Waals surface area contributed by atoms with Gasteiger partial charge in [-0.3, -0.25) is 4.68 Å². The van der Waals surface area contributed by atoms with Crippen LogP contribution in [0, 0.1) is 5.92 Å². The lowest BCUT2D eigenvalue weighted by atomic mass is 9.89. The SMILES string of the molecule is CC1CCCC1(O)c1ccn(C)n1. The Morgan fingerprint density at radius 3 is 2.92 bits per heavy atom. The van der Waals surface area contributed by atoms with Crippen LogP contribution < -0.4 is 0 Å². The monoisotopic (exact) mass is 180 g/mol. The first kappa shape index (κ1) is 8.75. The average Bonchev–Trinajstić information content (AvgIpc) is 2.62. The molecule has 0 amide bonds. The molecule has 0 saturated heterocycles. The van der Waals surface area contributed by atoms with Crippen LogP contribution >= 0.6 is 0 Å². The summed E-state index contributed by atoms with van der Waals surface area (Å²) in [6.07, 6.45) is 4.95. The van der Waals surface area contributed by atoms with Gasteiger partial charge in [-0.1, -0.05) is 6.92 Å². The van der Waals surface area contributed by atoms with Gasteiger partial charge in [-0.2, -0.15) is 5.10 Å². The third-order valence-electron chi connectivity index (χ3n) is 3.17. The molecule has 13 heavy (non-hydrogen) atoms. The van der Waals surface area contributed by atoms with Gasteiger partial charge in [0.05, 0.1) is 5.69 Å². The Kier molecular flexibility index (Phi) is 1.91.